The number of aryl methyl sites for hydroxylation is 2. The van der Waals surface area contributed by atoms with E-state index in [1.807, 2.05) is 9.36 Å². The van der Waals surface area contributed by atoms with Gasteiger partial charge in [0.05, 0.1) is 29.5 Å². The Morgan fingerprint density at radius 1 is 1.33 bits per heavy atom. The molecule has 3 rings (SSSR count). The van der Waals surface area contributed by atoms with E-state index in [2.05, 4.69) is 34.3 Å². The van der Waals surface area contributed by atoms with Crippen LogP contribution in [0.3, 0.4) is 0 Å². The molecule has 0 bridgehead atoms. The van der Waals surface area contributed by atoms with E-state index >= 15 is 0 Å². The molecular weight excluding hydrogens is 288 g/mol. The standard InChI is InChI=1S/C14H21ClN6/c1-3-11-14(15)12(21(4-2)18-11)8-20-9-17-13(19-20)7-16-10-5-6-10/h9-10,16H,3-8H2,1-2H3. The highest BCUT2D eigenvalue weighted by Gasteiger charge is 2.21. The van der Waals surface area contributed by atoms with E-state index in [-0.39, 0.29) is 0 Å². The summed E-state index contributed by atoms with van der Waals surface area (Å²) in [5.41, 5.74) is 1.95. The smallest absolute Gasteiger partial charge is 0.164 e. The SMILES string of the molecule is CCc1nn(CC)c(Cn2cnc(CNC3CC3)n2)c1Cl. The van der Waals surface area contributed by atoms with Crippen LogP contribution in [0.1, 0.15) is 43.9 Å². The molecule has 0 spiro atoms. The first-order valence-corrected chi connectivity index (χ1v) is 7.94. The van der Waals surface area contributed by atoms with E-state index in [0.29, 0.717) is 12.6 Å². The largest absolute Gasteiger partial charge is 0.307 e. The van der Waals surface area contributed by atoms with Gasteiger partial charge in [-0.1, -0.05) is 18.5 Å². The molecule has 0 saturated heterocycles. The van der Waals surface area contributed by atoms with Crippen molar-refractivity contribution >= 4 is 11.6 Å². The predicted octanol–water partition coefficient (Wildman–Crippen LogP) is 2.01. The van der Waals surface area contributed by atoms with Crippen LogP contribution < -0.4 is 5.32 Å². The van der Waals surface area contributed by atoms with Crippen LogP contribution in [0.4, 0.5) is 0 Å². The highest BCUT2D eigenvalue weighted by Crippen LogP contribution is 2.22. The summed E-state index contributed by atoms with van der Waals surface area (Å²) in [7, 11) is 0. The third-order valence-electron chi connectivity index (χ3n) is 3.72. The molecule has 1 fully saturated rings. The van der Waals surface area contributed by atoms with Crippen molar-refractivity contribution in [1.82, 2.24) is 29.9 Å². The van der Waals surface area contributed by atoms with Crippen LogP contribution in [0.25, 0.3) is 0 Å². The molecule has 1 aliphatic rings. The summed E-state index contributed by atoms with van der Waals surface area (Å²) in [6, 6.07) is 0.667. The van der Waals surface area contributed by atoms with Gasteiger partial charge in [0.25, 0.3) is 0 Å². The molecule has 0 aromatic carbocycles. The lowest BCUT2D eigenvalue weighted by atomic mass is 10.3. The quantitative estimate of drug-likeness (QED) is 0.850. The maximum absolute atomic E-state index is 6.42. The van der Waals surface area contributed by atoms with Gasteiger partial charge in [-0.15, -0.1) is 0 Å². The Labute approximate surface area is 129 Å². The monoisotopic (exact) mass is 308 g/mol. The van der Waals surface area contributed by atoms with Crippen molar-refractivity contribution in [3.05, 3.63) is 28.6 Å². The number of nitrogens with zero attached hydrogens (tertiary/aromatic N) is 5. The molecule has 2 heterocycles. The van der Waals surface area contributed by atoms with Gasteiger partial charge in [-0.25, -0.2) is 9.67 Å². The fourth-order valence-corrected chi connectivity index (χ4v) is 2.66. The minimum atomic E-state index is 0.607. The van der Waals surface area contributed by atoms with Gasteiger partial charge in [-0.05, 0) is 26.2 Å². The van der Waals surface area contributed by atoms with Gasteiger partial charge >= 0.3 is 0 Å². The summed E-state index contributed by atoms with van der Waals surface area (Å²) in [6.45, 7) is 6.28. The third kappa shape index (κ3) is 3.27. The van der Waals surface area contributed by atoms with Gasteiger partial charge < -0.3 is 5.32 Å². The summed E-state index contributed by atoms with van der Waals surface area (Å²) in [4.78, 5) is 4.34. The Morgan fingerprint density at radius 2 is 2.14 bits per heavy atom. The molecule has 0 aliphatic heterocycles. The van der Waals surface area contributed by atoms with Gasteiger partial charge in [0.2, 0.25) is 0 Å². The van der Waals surface area contributed by atoms with Crippen LogP contribution in [0.15, 0.2) is 6.33 Å². The van der Waals surface area contributed by atoms with Crippen LogP contribution >= 0.6 is 11.6 Å². The Balaban J connectivity index is 1.71. The Bertz CT molecular complexity index is 613. The normalized spacial score (nSPS) is 14.8. The molecule has 0 radical (unpaired) electrons. The number of hydrogen-bond acceptors (Lipinski definition) is 4. The molecule has 2 aromatic heterocycles. The molecule has 6 nitrogen and oxygen atoms in total. The number of nitrogens with one attached hydrogen (secondary N) is 1. The topological polar surface area (TPSA) is 60.6 Å². The zero-order chi connectivity index (χ0) is 14.8. The summed E-state index contributed by atoms with van der Waals surface area (Å²) >= 11 is 6.42. The van der Waals surface area contributed by atoms with Gasteiger partial charge in [0.1, 0.15) is 6.33 Å². The molecule has 21 heavy (non-hydrogen) atoms. The van der Waals surface area contributed by atoms with E-state index in [0.717, 1.165) is 41.7 Å². The number of rotatable bonds is 7. The first-order valence-electron chi connectivity index (χ1n) is 7.57. The van der Waals surface area contributed by atoms with Gasteiger partial charge in [0.15, 0.2) is 5.82 Å². The van der Waals surface area contributed by atoms with Gasteiger partial charge in [-0.3, -0.25) is 4.68 Å². The van der Waals surface area contributed by atoms with Crippen molar-refractivity contribution in [2.75, 3.05) is 0 Å². The Morgan fingerprint density at radius 3 is 2.81 bits per heavy atom. The van der Waals surface area contributed by atoms with Crippen molar-refractivity contribution in [3.8, 4) is 0 Å². The first-order chi connectivity index (χ1) is 10.2. The molecule has 7 heteroatoms. The van der Waals surface area contributed by atoms with Crippen molar-refractivity contribution in [3.63, 3.8) is 0 Å². The van der Waals surface area contributed by atoms with Crippen molar-refractivity contribution in [1.29, 1.82) is 0 Å². The minimum Gasteiger partial charge on any atom is -0.307 e. The fraction of sp³-hybridized carbons (Fsp3) is 0.643. The van der Waals surface area contributed by atoms with Gasteiger partial charge in [-0.2, -0.15) is 10.2 Å². The Hall–Kier alpha value is -1.40. The lowest BCUT2D eigenvalue weighted by Gasteiger charge is -2.05. The van der Waals surface area contributed by atoms with E-state index in [4.69, 9.17) is 11.6 Å². The van der Waals surface area contributed by atoms with Crippen molar-refractivity contribution in [2.45, 2.75) is 58.8 Å². The van der Waals surface area contributed by atoms with E-state index < -0.39 is 0 Å². The number of aromatic nitrogens is 5. The van der Waals surface area contributed by atoms with Crippen molar-refractivity contribution < 1.29 is 0 Å². The fourth-order valence-electron chi connectivity index (χ4n) is 2.34. The number of halogens is 1. The molecule has 0 amide bonds. The average molecular weight is 309 g/mol. The molecule has 114 valence electrons. The summed E-state index contributed by atoms with van der Waals surface area (Å²) in [5, 5.41) is 13.2. The predicted molar refractivity (Wildman–Crippen MR) is 81.3 cm³/mol. The van der Waals surface area contributed by atoms with Crippen LogP contribution in [0.2, 0.25) is 5.02 Å². The highest BCUT2D eigenvalue weighted by atomic mass is 35.5. The summed E-state index contributed by atoms with van der Waals surface area (Å²) in [5.74, 6) is 0.830. The number of hydrogen-bond donors (Lipinski definition) is 1. The van der Waals surface area contributed by atoms with Crippen LogP contribution in [0, 0.1) is 0 Å². The van der Waals surface area contributed by atoms with Crippen LogP contribution in [-0.2, 0) is 26.1 Å². The Kier molecular flexibility index (Phi) is 4.26. The van der Waals surface area contributed by atoms with E-state index in [1.54, 1.807) is 6.33 Å². The molecular formula is C14H21ClN6. The van der Waals surface area contributed by atoms with Crippen molar-refractivity contribution in [2.24, 2.45) is 0 Å². The lowest BCUT2D eigenvalue weighted by Crippen LogP contribution is -2.16. The van der Waals surface area contributed by atoms with Crippen LogP contribution in [-0.4, -0.2) is 30.6 Å². The van der Waals surface area contributed by atoms with Crippen LogP contribution in [0.5, 0.6) is 0 Å². The summed E-state index contributed by atoms with van der Waals surface area (Å²) in [6.07, 6.45) is 5.14. The maximum atomic E-state index is 6.42. The average Bonchev–Trinajstić information content (AvgIpc) is 3.14. The first kappa shape index (κ1) is 14.5. The molecule has 0 unspecified atom stereocenters. The zero-order valence-corrected chi connectivity index (χ0v) is 13.3. The second kappa shape index (κ2) is 6.15. The minimum absolute atomic E-state index is 0.607. The molecule has 2 aromatic rings. The second-order valence-electron chi connectivity index (χ2n) is 5.39. The van der Waals surface area contributed by atoms with Gasteiger partial charge in [0, 0.05) is 12.6 Å². The molecule has 1 N–H and O–H groups in total. The van der Waals surface area contributed by atoms with E-state index in [9.17, 15) is 0 Å². The maximum Gasteiger partial charge on any atom is 0.164 e. The summed E-state index contributed by atoms with van der Waals surface area (Å²) < 4.78 is 3.78. The third-order valence-corrected chi connectivity index (χ3v) is 4.15. The molecule has 1 saturated carbocycles. The molecule has 1 aliphatic carbocycles. The lowest BCUT2D eigenvalue weighted by molar-refractivity contribution is 0.566. The zero-order valence-electron chi connectivity index (χ0n) is 12.5. The van der Waals surface area contributed by atoms with E-state index in [1.165, 1.54) is 12.8 Å². The molecule has 0 atom stereocenters. The highest BCUT2D eigenvalue weighted by molar-refractivity contribution is 6.31. The second-order valence-corrected chi connectivity index (χ2v) is 5.77.